The Balaban J connectivity index is 1.66. The molecule has 0 unspecified atom stereocenters. The van der Waals surface area contributed by atoms with Crippen LogP contribution in [0.1, 0.15) is 29.8 Å². The largest absolute Gasteiger partial charge is 0.364 e. The fourth-order valence-electron chi connectivity index (χ4n) is 3.58. The highest BCUT2D eigenvalue weighted by Gasteiger charge is 2.45. The molecule has 0 spiro atoms. The van der Waals surface area contributed by atoms with Crippen LogP contribution in [0.5, 0.6) is 0 Å². The Morgan fingerprint density at radius 3 is 2.90 bits per heavy atom. The van der Waals surface area contributed by atoms with Gasteiger partial charge in [-0.3, -0.25) is 9.48 Å². The van der Waals surface area contributed by atoms with Gasteiger partial charge in [-0.25, -0.2) is 8.78 Å². The third kappa shape index (κ3) is 3.61. The molecule has 2 aromatic heterocycles. The first-order chi connectivity index (χ1) is 14.3. The lowest BCUT2D eigenvalue weighted by molar-refractivity contribution is -0.0555. The molecule has 1 amide bonds. The van der Waals surface area contributed by atoms with Crippen LogP contribution < -0.4 is 22.1 Å². The van der Waals surface area contributed by atoms with Gasteiger partial charge in [0, 0.05) is 18.9 Å². The van der Waals surface area contributed by atoms with Gasteiger partial charge in [0.2, 0.25) is 5.95 Å². The molecule has 1 aromatic carbocycles. The Kier molecular flexibility index (Phi) is 4.94. The number of nitrogens with one attached hydrogen (secondary N) is 2. The number of nitrogens with two attached hydrogens (primary N) is 2. The zero-order chi connectivity index (χ0) is 21.5. The number of amides is 1. The van der Waals surface area contributed by atoms with Crippen molar-refractivity contribution in [1.29, 1.82) is 0 Å². The van der Waals surface area contributed by atoms with Crippen molar-refractivity contribution >= 4 is 34.3 Å². The number of primary amides is 1. The highest BCUT2D eigenvalue weighted by molar-refractivity contribution is 5.98. The van der Waals surface area contributed by atoms with Crippen molar-refractivity contribution in [2.24, 2.45) is 18.5 Å². The van der Waals surface area contributed by atoms with Gasteiger partial charge in [0.1, 0.15) is 0 Å². The third-order valence-corrected chi connectivity index (χ3v) is 5.23. The maximum Gasteiger partial charge on any atom is 0.273 e. The van der Waals surface area contributed by atoms with Gasteiger partial charge in [-0.1, -0.05) is 6.07 Å². The van der Waals surface area contributed by atoms with E-state index < -0.39 is 23.9 Å². The normalized spacial score (nSPS) is 20.8. The van der Waals surface area contributed by atoms with Crippen LogP contribution in [0.25, 0.3) is 10.9 Å². The van der Waals surface area contributed by atoms with Crippen LogP contribution in [-0.4, -0.2) is 48.9 Å². The maximum absolute atomic E-state index is 13.9. The molecule has 0 saturated heterocycles. The van der Waals surface area contributed by atoms with Gasteiger partial charge in [-0.15, -0.1) is 10.2 Å². The molecule has 1 saturated carbocycles. The van der Waals surface area contributed by atoms with Crippen LogP contribution in [0.2, 0.25) is 0 Å². The number of nitrogens with zero attached hydrogens (tertiary/aromatic N) is 5. The van der Waals surface area contributed by atoms with Gasteiger partial charge < -0.3 is 22.1 Å². The van der Waals surface area contributed by atoms with Crippen molar-refractivity contribution in [1.82, 2.24) is 25.0 Å². The van der Waals surface area contributed by atoms with Crippen molar-refractivity contribution < 1.29 is 13.6 Å². The average molecular weight is 417 g/mol. The predicted octanol–water partition coefficient (Wildman–Crippen LogP) is 1.53. The quantitative estimate of drug-likeness (QED) is 0.488. The van der Waals surface area contributed by atoms with E-state index in [-0.39, 0.29) is 23.9 Å². The highest BCUT2D eigenvalue weighted by atomic mass is 19.3. The first-order valence-electron chi connectivity index (χ1n) is 9.38. The second kappa shape index (κ2) is 7.44. The Labute approximate surface area is 170 Å². The minimum absolute atomic E-state index is 0.0287. The summed E-state index contributed by atoms with van der Waals surface area (Å²) in [4.78, 5) is 16.1. The molecule has 2 atom stereocenters. The molecule has 1 fully saturated rings. The summed E-state index contributed by atoms with van der Waals surface area (Å²) in [7, 11) is 1.80. The van der Waals surface area contributed by atoms with E-state index in [4.69, 9.17) is 11.5 Å². The van der Waals surface area contributed by atoms with Crippen LogP contribution in [0.3, 0.4) is 0 Å². The number of aryl methyl sites for hydroxylation is 1. The van der Waals surface area contributed by atoms with E-state index in [0.29, 0.717) is 18.5 Å². The van der Waals surface area contributed by atoms with Crippen molar-refractivity contribution in [2.45, 2.75) is 37.3 Å². The predicted molar refractivity (Wildman–Crippen MR) is 107 cm³/mol. The highest BCUT2D eigenvalue weighted by Crippen LogP contribution is 2.33. The van der Waals surface area contributed by atoms with Gasteiger partial charge in [0.15, 0.2) is 11.5 Å². The number of carbonyl (C=O) groups excluding carboxylic acids is 1. The molecular formula is C18H21F2N9O. The number of fused-ring (bicyclic) bond motifs is 1. The summed E-state index contributed by atoms with van der Waals surface area (Å²) in [5.74, 6) is -3.79. The van der Waals surface area contributed by atoms with E-state index in [0.717, 1.165) is 10.9 Å². The smallest absolute Gasteiger partial charge is 0.273 e. The summed E-state index contributed by atoms with van der Waals surface area (Å²) in [6.45, 7) is 0. The van der Waals surface area contributed by atoms with E-state index in [2.05, 4.69) is 30.9 Å². The number of halogens is 2. The lowest BCUT2D eigenvalue weighted by atomic mass is 9.87. The molecule has 0 aliphatic heterocycles. The molecule has 3 aromatic rings. The van der Waals surface area contributed by atoms with Crippen molar-refractivity contribution in [3.63, 3.8) is 0 Å². The van der Waals surface area contributed by atoms with Gasteiger partial charge >= 0.3 is 0 Å². The van der Waals surface area contributed by atoms with Crippen molar-refractivity contribution in [2.75, 3.05) is 10.6 Å². The number of rotatable bonds is 5. The van der Waals surface area contributed by atoms with Gasteiger partial charge in [-0.05, 0) is 25.0 Å². The zero-order valence-electron chi connectivity index (χ0n) is 16.1. The molecule has 10 nitrogen and oxygen atoms in total. The van der Waals surface area contributed by atoms with Crippen LogP contribution in [-0.2, 0) is 7.05 Å². The van der Waals surface area contributed by atoms with E-state index >= 15 is 0 Å². The van der Waals surface area contributed by atoms with Gasteiger partial charge in [-0.2, -0.15) is 10.1 Å². The number of benzene rings is 1. The fourth-order valence-corrected chi connectivity index (χ4v) is 3.58. The maximum atomic E-state index is 13.9. The standard InChI is InChI=1S/C18H21F2N9O/c1-29-12-6-2-4-10(9(12)8-23-29)24-16-13(15(22)30)27-28-17(26-16)25-11-5-3-7-18(19,20)14(11)21/h2,4,6,8,11,14H,3,5,7,21H2,1H3,(H2,22,30)(H2,24,25,26,28)/t11-,14-/m1/s1. The molecule has 4 rings (SSSR count). The van der Waals surface area contributed by atoms with E-state index in [1.165, 1.54) is 0 Å². The van der Waals surface area contributed by atoms with Crippen LogP contribution in [0.4, 0.5) is 26.2 Å². The first-order valence-corrected chi connectivity index (χ1v) is 9.38. The monoisotopic (exact) mass is 417 g/mol. The molecule has 158 valence electrons. The number of aromatic nitrogens is 5. The summed E-state index contributed by atoms with van der Waals surface area (Å²) in [6.07, 6.45) is 2.17. The van der Waals surface area contributed by atoms with E-state index in [1.54, 1.807) is 24.0 Å². The minimum Gasteiger partial charge on any atom is -0.364 e. The first kappa shape index (κ1) is 19.9. The number of carbonyl (C=O) groups is 1. The molecule has 1 aliphatic rings. The molecule has 0 radical (unpaired) electrons. The molecule has 1 aliphatic carbocycles. The summed E-state index contributed by atoms with van der Waals surface area (Å²) < 4.78 is 29.6. The van der Waals surface area contributed by atoms with Crippen molar-refractivity contribution in [3.8, 4) is 0 Å². The third-order valence-electron chi connectivity index (χ3n) is 5.23. The molecule has 2 heterocycles. The van der Waals surface area contributed by atoms with Gasteiger partial charge in [0.25, 0.3) is 11.8 Å². The lowest BCUT2D eigenvalue weighted by Crippen LogP contribution is -2.55. The Hall–Kier alpha value is -3.41. The summed E-state index contributed by atoms with van der Waals surface area (Å²) in [5, 5.41) is 18.5. The fraction of sp³-hybridized carbons (Fsp3) is 0.389. The number of alkyl halides is 2. The van der Waals surface area contributed by atoms with Crippen LogP contribution in [0, 0.1) is 0 Å². The van der Waals surface area contributed by atoms with Crippen LogP contribution in [0.15, 0.2) is 24.4 Å². The second-order valence-electron chi connectivity index (χ2n) is 7.26. The molecule has 12 heteroatoms. The topological polar surface area (TPSA) is 150 Å². The number of hydrogen-bond acceptors (Lipinski definition) is 8. The van der Waals surface area contributed by atoms with E-state index in [9.17, 15) is 13.6 Å². The second-order valence-corrected chi connectivity index (χ2v) is 7.26. The number of hydrogen-bond donors (Lipinski definition) is 4. The van der Waals surface area contributed by atoms with Crippen molar-refractivity contribution in [3.05, 3.63) is 30.1 Å². The SMILES string of the molecule is Cn1ncc2c(Nc3nc(N[C@@H]4CCCC(F)(F)[C@@H]4N)nnc3C(N)=O)cccc21. The summed E-state index contributed by atoms with van der Waals surface area (Å²) in [6, 6.07) is 3.36. The lowest BCUT2D eigenvalue weighted by Gasteiger charge is -2.35. The molecular weight excluding hydrogens is 396 g/mol. The summed E-state index contributed by atoms with van der Waals surface area (Å²) >= 11 is 0. The molecule has 6 N–H and O–H groups in total. The Bertz CT molecular complexity index is 1100. The van der Waals surface area contributed by atoms with E-state index in [1.807, 2.05) is 12.1 Å². The minimum atomic E-state index is -2.98. The van der Waals surface area contributed by atoms with Crippen LogP contribution >= 0.6 is 0 Å². The molecule has 0 bridgehead atoms. The molecule has 30 heavy (non-hydrogen) atoms. The Morgan fingerprint density at radius 1 is 1.33 bits per heavy atom. The number of anilines is 3. The van der Waals surface area contributed by atoms with Gasteiger partial charge in [0.05, 0.1) is 29.5 Å². The zero-order valence-corrected chi connectivity index (χ0v) is 16.1. The summed E-state index contributed by atoms with van der Waals surface area (Å²) in [5.41, 5.74) is 12.4. The Morgan fingerprint density at radius 2 is 2.13 bits per heavy atom. The average Bonchev–Trinajstić information content (AvgIpc) is 3.08.